The lowest BCUT2D eigenvalue weighted by molar-refractivity contribution is 1.25. The van der Waals surface area contributed by atoms with Gasteiger partial charge in [0.05, 0.1) is 0 Å². The lowest BCUT2D eigenvalue weighted by Gasteiger charge is -1.96. The van der Waals surface area contributed by atoms with Crippen LogP contribution in [-0.4, -0.2) is 10.3 Å². The molecule has 68 valence electrons. The fourth-order valence-electron chi connectivity index (χ4n) is 0.959. The van der Waals surface area contributed by atoms with Crippen LogP contribution in [0.15, 0.2) is 12.1 Å². The molecular formula is C10H11BrN2. The van der Waals surface area contributed by atoms with Gasteiger partial charge in [-0.05, 0) is 30.5 Å². The maximum Gasteiger partial charge on any atom is 0.125 e. The van der Waals surface area contributed by atoms with Crippen molar-refractivity contribution in [1.82, 2.24) is 4.98 Å². The molecule has 0 aliphatic carbocycles. The third-order valence-electron chi connectivity index (χ3n) is 1.43. The van der Waals surface area contributed by atoms with Gasteiger partial charge in [-0.2, -0.15) is 0 Å². The molecule has 0 bridgehead atoms. The second-order valence-electron chi connectivity index (χ2n) is 2.70. The summed E-state index contributed by atoms with van der Waals surface area (Å²) in [4.78, 5) is 4.09. The van der Waals surface area contributed by atoms with Crippen molar-refractivity contribution >= 4 is 21.7 Å². The Kier molecular flexibility index (Phi) is 3.78. The Hall–Kier alpha value is -1.01. The summed E-state index contributed by atoms with van der Waals surface area (Å²) in [5.41, 5.74) is 7.42. The van der Waals surface area contributed by atoms with E-state index in [2.05, 4.69) is 32.8 Å². The Balaban J connectivity index is 2.85. The molecule has 0 atom stereocenters. The molecule has 0 saturated carbocycles. The number of pyridine rings is 1. The molecule has 1 aromatic heterocycles. The summed E-state index contributed by atoms with van der Waals surface area (Å²) in [5, 5.41) is 0.890. The minimum atomic E-state index is 0.531. The van der Waals surface area contributed by atoms with E-state index in [0.717, 1.165) is 23.0 Å². The van der Waals surface area contributed by atoms with Gasteiger partial charge >= 0.3 is 0 Å². The number of rotatable bonds is 1. The molecule has 3 heteroatoms. The Morgan fingerprint density at radius 2 is 2.31 bits per heavy atom. The van der Waals surface area contributed by atoms with Crippen LogP contribution in [0, 0.1) is 18.8 Å². The van der Waals surface area contributed by atoms with Gasteiger partial charge in [0, 0.05) is 11.8 Å². The molecule has 1 aromatic rings. The van der Waals surface area contributed by atoms with Crippen LogP contribution in [-0.2, 0) is 0 Å². The third-order valence-corrected chi connectivity index (χ3v) is 1.82. The van der Waals surface area contributed by atoms with E-state index in [9.17, 15) is 0 Å². The van der Waals surface area contributed by atoms with E-state index in [-0.39, 0.29) is 0 Å². The SMILES string of the molecule is Cc1cc(N)nc(C#CCCBr)c1. The molecule has 0 amide bonds. The van der Waals surface area contributed by atoms with E-state index in [0.29, 0.717) is 5.82 Å². The summed E-state index contributed by atoms with van der Waals surface area (Å²) in [6.45, 7) is 1.98. The topological polar surface area (TPSA) is 38.9 Å². The highest BCUT2D eigenvalue weighted by atomic mass is 79.9. The highest BCUT2D eigenvalue weighted by Gasteiger charge is 1.92. The summed E-state index contributed by atoms with van der Waals surface area (Å²) >= 11 is 3.30. The van der Waals surface area contributed by atoms with E-state index >= 15 is 0 Å². The monoisotopic (exact) mass is 238 g/mol. The average molecular weight is 239 g/mol. The van der Waals surface area contributed by atoms with Gasteiger partial charge in [-0.3, -0.25) is 0 Å². The predicted octanol–water partition coefficient (Wildman–Crippen LogP) is 2.11. The van der Waals surface area contributed by atoms with Crippen LogP contribution in [0.4, 0.5) is 5.82 Å². The van der Waals surface area contributed by atoms with Crippen molar-refractivity contribution in [2.24, 2.45) is 0 Å². The highest BCUT2D eigenvalue weighted by molar-refractivity contribution is 9.09. The average Bonchev–Trinajstić information content (AvgIpc) is 2.03. The van der Waals surface area contributed by atoms with Gasteiger partial charge in [-0.15, -0.1) is 0 Å². The number of nitrogen functional groups attached to an aromatic ring is 1. The van der Waals surface area contributed by atoms with Gasteiger partial charge in [0.15, 0.2) is 0 Å². The Morgan fingerprint density at radius 1 is 1.54 bits per heavy atom. The summed E-state index contributed by atoms with van der Waals surface area (Å²) < 4.78 is 0. The number of aryl methyl sites for hydroxylation is 1. The molecule has 0 saturated heterocycles. The zero-order valence-electron chi connectivity index (χ0n) is 7.47. The molecule has 0 aromatic carbocycles. The first-order valence-corrected chi connectivity index (χ1v) is 5.13. The number of nitrogens with two attached hydrogens (primary N) is 1. The number of alkyl halides is 1. The highest BCUT2D eigenvalue weighted by Crippen LogP contribution is 2.04. The van der Waals surface area contributed by atoms with Crippen LogP contribution in [0.2, 0.25) is 0 Å². The summed E-state index contributed by atoms with van der Waals surface area (Å²) in [5.74, 6) is 6.48. The number of anilines is 1. The molecule has 2 N–H and O–H groups in total. The predicted molar refractivity (Wildman–Crippen MR) is 58.7 cm³/mol. The van der Waals surface area contributed by atoms with Gasteiger partial charge in [0.25, 0.3) is 0 Å². The number of hydrogen-bond donors (Lipinski definition) is 1. The minimum Gasteiger partial charge on any atom is -0.384 e. The lowest BCUT2D eigenvalue weighted by Crippen LogP contribution is -1.93. The van der Waals surface area contributed by atoms with Crippen molar-refractivity contribution in [1.29, 1.82) is 0 Å². The molecule has 0 radical (unpaired) electrons. The first kappa shape index (κ1) is 10.1. The van der Waals surface area contributed by atoms with Crippen molar-refractivity contribution in [3.05, 3.63) is 23.4 Å². The van der Waals surface area contributed by atoms with Crippen LogP contribution in [0.25, 0.3) is 0 Å². The second-order valence-corrected chi connectivity index (χ2v) is 3.49. The number of hydrogen-bond acceptors (Lipinski definition) is 2. The summed E-state index contributed by atoms with van der Waals surface area (Å²) in [6, 6.07) is 3.76. The van der Waals surface area contributed by atoms with Gasteiger partial charge in [-0.1, -0.05) is 21.9 Å². The van der Waals surface area contributed by atoms with Crippen molar-refractivity contribution < 1.29 is 0 Å². The minimum absolute atomic E-state index is 0.531. The summed E-state index contributed by atoms with van der Waals surface area (Å²) in [7, 11) is 0. The maximum absolute atomic E-state index is 5.58. The second kappa shape index (κ2) is 4.88. The van der Waals surface area contributed by atoms with Gasteiger partial charge < -0.3 is 5.73 Å². The van der Waals surface area contributed by atoms with E-state index < -0.39 is 0 Å². The number of halogens is 1. The first-order valence-electron chi connectivity index (χ1n) is 4.01. The van der Waals surface area contributed by atoms with Crippen LogP contribution in [0.1, 0.15) is 17.7 Å². The van der Waals surface area contributed by atoms with Crippen molar-refractivity contribution in [2.75, 3.05) is 11.1 Å². The first-order chi connectivity index (χ1) is 6.22. The van der Waals surface area contributed by atoms with Crippen molar-refractivity contribution in [3.63, 3.8) is 0 Å². The lowest BCUT2D eigenvalue weighted by atomic mass is 10.2. The molecule has 0 aliphatic heterocycles. The van der Waals surface area contributed by atoms with E-state index in [1.54, 1.807) is 0 Å². The molecule has 1 heterocycles. The Bertz CT molecular complexity index is 329. The number of nitrogens with zero attached hydrogens (tertiary/aromatic N) is 1. The molecule has 2 nitrogen and oxygen atoms in total. The molecule has 0 aliphatic rings. The van der Waals surface area contributed by atoms with E-state index in [1.165, 1.54) is 0 Å². The van der Waals surface area contributed by atoms with Gasteiger partial charge in [0.1, 0.15) is 11.5 Å². The van der Waals surface area contributed by atoms with Gasteiger partial charge in [-0.25, -0.2) is 4.98 Å². The molecule has 0 fully saturated rings. The van der Waals surface area contributed by atoms with Gasteiger partial charge in [0.2, 0.25) is 0 Å². The fraction of sp³-hybridized carbons (Fsp3) is 0.300. The normalized spacial score (nSPS) is 9.08. The van der Waals surface area contributed by atoms with Crippen LogP contribution < -0.4 is 5.73 Å². The van der Waals surface area contributed by atoms with E-state index in [1.807, 2.05) is 19.1 Å². The van der Waals surface area contributed by atoms with Crippen LogP contribution in [0.3, 0.4) is 0 Å². The zero-order valence-corrected chi connectivity index (χ0v) is 9.06. The fourth-order valence-corrected chi connectivity index (χ4v) is 1.16. The number of aromatic nitrogens is 1. The Morgan fingerprint density at radius 3 is 2.92 bits per heavy atom. The molecular weight excluding hydrogens is 228 g/mol. The van der Waals surface area contributed by atoms with E-state index in [4.69, 9.17) is 5.73 Å². The van der Waals surface area contributed by atoms with Crippen LogP contribution in [0.5, 0.6) is 0 Å². The maximum atomic E-state index is 5.58. The van der Waals surface area contributed by atoms with Crippen molar-refractivity contribution in [3.8, 4) is 11.8 Å². The smallest absolute Gasteiger partial charge is 0.125 e. The zero-order chi connectivity index (χ0) is 9.68. The largest absolute Gasteiger partial charge is 0.384 e. The molecule has 0 spiro atoms. The summed E-state index contributed by atoms with van der Waals surface area (Å²) in [6.07, 6.45) is 0.829. The third kappa shape index (κ3) is 3.47. The molecule has 1 rings (SSSR count). The molecule has 0 unspecified atom stereocenters. The van der Waals surface area contributed by atoms with Crippen LogP contribution >= 0.6 is 15.9 Å². The molecule has 13 heavy (non-hydrogen) atoms. The van der Waals surface area contributed by atoms with Crippen molar-refractivity contribution in [2.45, 2.75) is 13.3 Å². The standard InChI is InChI=1S/C10H11BrN2/c1-8-6-9(4-2-3-5-11)13-10(12)7-8/h6-7H,3,5H2,1H3,(H2,12,13). The quantitative estimate of drug-likeness (QED) is 0.602. The Labute approximate surface area is 86.7 Å².